The van der Waals surface area contributed by atoms with Crippen molar-refractivity contribution in [2.24, 2.45) is 0 Å². The molecule has 0 saturated heterocycles. The molecule has 0 fully saturated rings. The molecule has 2 aromatic rings. The number of aliphatic hydroxyl groups is 1. The summed E-state index contributed by atoms with van der Waals surface area (Å²) in [6.07, 6.45) is 0.170. The number of hydrogen-bond donors (Lipinski definition) is 1. The summed E-state index contributed by atoms with van der Waals surface area (Å²) in [6, 6.07) is 15.2. The molecule has 0 aliphatic carbocycles. The van der Waals surface area contributed by atoms with Crippen LogP contribution in [0, 0.1) is 0 Å². The van der Waals surface area contributed by atoms with E-state index < -0.39 is 6.10 Å². The van der Waals surface area contributed by atoms with Gasteiger partial charge in [0.1, 0.15) is 24.7 Å². The molecule has 1 atom stereocenters. The molecule has 0 aromatic heterocycles. The lowest BCUT2D eigenvalue weighted by molar-refractivity contribution is 0.162. The molecule has 4 heteroatoms. The van der Waals surface area contributed by atoms with Crippen LogP contribution in [0.4, 0.5) is 0 Å². The van der Waals surface area contributed by atoms with E-state index in [4.69, 9.17) is 9.47 Å². The molecule has 0 bridgehead atoms. The van der Waals surface area contributed by atoms with Crippen molar-refractivity contribution in [2.75, 3.05) is 13.2 Å². The summed E-state index contributed by atoms with van der Waals surface area (Å²) < 4.78 is 12.3. The van der Waals surface area contributed by atoms with Crippen molar-refractivity contribution in [3.05, 3.63) is 58.6 Å². The van der Waals surface area contributed by atoms with Gasteiger partial charge >= 0.3 is 0 Å². The van der Waals surface area contributed by atoms with Gasteiger partial charge in [-0.2, -0.15) is 0 Å². The number of ether oxygens (including phenoxy) is 2. The fourth-order valence-corrected chi connectivity index (χ4v) is 2.21. The van der Waals surface area contributed by atoms with E-state index in [1.54, 1.807) is 0 Å². The van der Waals surface area contributed by atoms with E-state index in [9.17, 15) is 5.11 Å². The molecule has 2 rings (SSSR count). The Kier molecular flexibility index (Phi) is 6.08. The van der Waals surface area contributed by atoms with Crippen LogP contribution < -0.4 is 9.47 Å². The zero-order valence-electron chi connectivity index (χ0n) is 12.0. The summed E-state index contributed by atoms with van der Waals surface area (Å²) in [7, 11) is 0. The molecular weight excluding hydrogens is 332 g/mol. The van der Waals surface area contributed by atoms with Gasteiger partial charge in [-0.3, -0.25) is 0 Å². The topological polar surface area (TPSA) is 38.7 Å². The van der Waals surface area contributed by atoms with Crippen LogP contribution in [-0.4, -0.2) is 18.3 Å². The number of halogens is 1. The highest BCUT2D eigenvalue weighted by Crippen LogP contribution is 2.26. The van der Waals surface area contributed by atoms with E-state index >= 15 is 0 Å². The third kappa shape index (κ3) is 4.76. The van der Waals surface area contributed by atoms with E-state index in [2.05, 4.69) is 15.9 Å². The van der Waals surface area contributed by atoms with Crippen LogP contribution in [-0.2, 0) is 0 Å². The Morgan fingerprint density at radius 3 is 2.38 bits per heavy atom. The first-order valence-electron chi connectivity index (χ1n) is 6.99. The minimum atomic E-state index is -0.492. The molecule has 112 valence electrons. The van der Waals surface area contributed by atoms with Gasteiger partial charge in [0.05, 0.1) is 6.10 Å². The fourth-order valence-electron chi connectivity index (χ4n) is 1.95. The van der Waals surface area contributed by atoms with Crippen LogP contribution in [0.5, 0.6) is 11.5 Å². The van der Waals surface area contributed by atoms with Crippen LogP contribution in [0.25, 0.3) is 0 Å². The van der Waals surface area contributed by atoms with Crippen molar-refractivity contribution < 1.29 is 14.6 Å². The standard InChI is InChI=1S/C17H19BrO3/c1-2-16(19)15-5-3-4-6-17(15)21-12-11-20-14-9-7-13(18)8-10-14/h3-10,16,19H,2,11-12H2,1H3/t16-/m0/s1. The largest absolute Gasteiger partial charge is 0.490 e. The molecule has 0 heterocycles. The maximum Gasteiger partial charge on any atom is 0.125 e. The fraction of sp³-hybridized carbons (Fsp3) is 0.294. The number of benzene rings is 2. The first kappa shape index (κ1) is 15.9. The Labute approximate surface area is 133 Å². The van der Waals surface area contributed by atoms with Gasteiger partial charge in [0.2, 0.25) is 0 Å². The minimum Gasteiger partial charge on any atom is -0.490 e. The van der Waals surface area contributed by atoms with Crippen molar-refractivity contribution >= 4 is 15.9 Å². The number of rotatable bonds is 7. The average molecular weight is 351 g/mol. The molecule has 1 N–H and O–H groups in total. The zero-order chi connectivity index (χ0) is 15.1. The smallest absolute Gasteiger partial charge is 0.125 e. The second kappa shape index (κ2) is 8.05. The molecule has 0 spiro atoms. The number of para-hydroxylation sites is 1. The Morgan fingerprint density at radius 1 is 1.00 bits per heavy atom. The van der Waals surface area contributed by atoms with Gasteiger partial charge in [0, 0.05) is 10.0 Å². The lowest BCUT2D eigenvalue weighted by Gasteiger charge is -2.15. The van der Waals surface area contributed by atoms with Gasteiger partial charge in [-0.1, -0.05) is 41.1 Å². The molecule has 0 aliphatic heterocycles. The molecule has 0 radical (unpaired) electrons. The van der Waals surface area contributed by atoms with E-state index in [0.717, 1.165) is 15.8 Å². The molecule has 3 nitrogen and oxygen atoms in total. The highest BCUT2D eigenvalue weighted by Gasteiger charge is 2.10. The lowest BCUT2D eigenvalue weighted by atomic mass is 10.1. The van der Waals surface area contributed by atoms with Crippen LogP contribution in [0.15, 0.2) is 53.0 Å². The van der Waals surface area contributed by atoms with E-state index in [-0.39, 0.29) is 0 Å². The first-order chi connectivity index (χ1) is 10.2. The van der Waals surface area contributed by atoms with Crippen molar-refractivity contribution in [1.82, 2.24) is 0 Å². The highest BCUT2D eigenvalue weighted by atomic mass is 79.9. The number of hydrogen-bond acceptors (Lipinski definition) is 3. The maximum atomic E-state index is 9.95. The summed E-state index contributed by atoms with van der Waals surface area (Å²) in [5.41, 5.74) is 0.823. The zero-order valence-corrected chi connectivity index (χ0v) is 13.5. The third-order valence-electron chi connectivity index (χ3n) is 3.09. The molecule has 0 aliphatic rings. The normalized spacial score (nSPS) is 12.0. The van der Waals surface area contributed by atoms with Crippen molar-refractivity contribution in [3.8, 4) is 11.5 Å². The SMILES string of the molecule is CC[C@H](O)c1ccccc1OCCOc1ccc(Br)cc1. The average Bonchev–Trinajstić information content (AvgIpc) is 2.53. The Bertz CT molecular complexity index is 554. The van der Waals surface area contributed by atoms with Crippen LogP contribution in [0.2, 0.25) is 0 Å². The summed E-state index contributed by atoms with van der Waals surface area (Å²) in [5, 5.41) is 9.95. The van der Waals surface area contributed by atoms with Crippen molar-refractivity contribution in [1.29, 1.82) is 0 Å². The summed E-state index contributed by atoms with van der Waals surface area (Å²) in [6.45, 7) is 2.83. The Balaban J connectivity index is 1.85. The summed E-state index contributed by atoms with van der Waals surface area (Å²) in [4.78, 5) is 0. The van der Waals surface area contributed by atoms with Gasteiger partial charge in [-0.15, -0.1) is 0 Å². The van der Waals surface area contributed by atoms with Crippen molar-refractivity contribution in [3.63, 3.8) is 0 Å². The van der Waals surface area contributed by atoms with Crippen molar-refractivity contribution in [2.45, 2.75) is 19.4 Å². The molecule has 2 aromatic carbocycles. The van der Waals surface area contributed by atoms with Crippen LogP contribution >= 0.6 is 15.9 Å². The van der Waals surface area contributed by atoms with Gasteiger partial charge in [-0.25, -0.2) is 0 Å². The molecular formula is C17H19BrO3. The summed E-state index contributed by atoms with van der Waals surface area (Å²) in [5.74, 6) is 1.52. The van der Waals surface area contributed by atoms with E-state index in [1.165, 1.54) is 0 Å². The maximum absolute atomic E-state index is 9.95. The molecule has 0 unspecified atom stereocenters. The second-order valence-corrected chi connectivity index (χ2v) is 5.53. The Morgan fingerprint density at radius 2 is 1.67 bits per heavy atom. The second-order valence-electron chi connectivity index (χ2n) is 4.61. The van der Waals surface area contributed by atoms with Gasteiger partial charge in [0.25, 0.3) is 0 Å². The predicted molar refractivity (Wildman–Crippen MR) is 86.8 cm³/mol. The van der Waals surface area contributed by atoms with E-state index in [1.807, 2.05) is 55.5 Å². The highest BCUT2D eigenvalue weighted by molar-refractivity contribution is 9.10. The predicted octanol–water partition coefficient (Wildman–Crippen LogP) is 4.35. The minimum absolute atomic E-state index is 0.434. The lowest BCUT2D eigenvalue weighted by Crippen LogP contribution is -2.10. The Hall–Kier alpha value is -1.52. The van der Waals surface area contributed by atoms with Crippen LogP contribution in [0.1, 0.15) is 25.0 Å². The quantitative estimate of drug-likeness (QED) is 0.754. The third-order valence-corrected chi connectivity index (χ3v) is 3.62. The van der Waals surface area contributed by atoms with Crippen LogP contribution in [0.3, 0.4) is 0 Å². The van der Waals surface area contributed by atoms with Gasteiger partial charge in [-0.05, 0) is 36.8 Å². The molecule has 0 amide bonds. The van der Waals surface area contributed by atoms with E-state index in [0.29, 0.717) is 25.4 Å². The van der Waals surface area contributed by atoms with Gasteiger partial charge < -0.3 is 14.6 Å². The summed E-state index contributed by atoms with van der Waals surface area (Å²) >= 11 is 3.38. The monoisotopic (exact) mass is 350 g/mol. The van der Waals surface area contributed by atoms with Gasteiger partial charge in [0.15, 0.2) is 0 Å². The number of aliphatic hydroxyl groups excluding tert-OH is 1. The first-order valence-corrected chi connectivity index (χ1v) is 7.78. The molecule has 21 heavy (non-hydrogen) atoms. The molecule has 0 saturated carbocycles.